The third-order valence-electron chi connectivity index (χ3n) is 5.04. The molecule has 5 nitrogen and oxygen atoms in total. The largest absolute Gasteiger partial charge is 0.397 e. The van der Waals surface area contributed by atoms with E-state index in [2.05, 4.69) is 15.5 Å². The standard InChI is InChI=1S/C15H18N4OS/c16-12-11-3-4-18-19-15(11)21-13(12)14(20)17-7-10-6-8-1-2-9(10)5-8/h3-4,8-10H,1-2,5-7,16H2,(H,17,20). The van der Waals surface area contributed by atoms with Crippen molar-refractivity contribution in [2.24, 2.45) is 17.8 Å². The molecule has 2 aliphatic carbocycles. The summed E-state index contributed by atoms with van der Waals surface area (Å²) in [6, 6.07) is 1.81. The number of nitrogen functional groups attached to an aromatic ring is 1. The predicted molar refractivity (Wildman–Crippen MR) is 83.1 cm³/mol. The van der Waals surface area contributed by atoms with E-state index >= 15 is 0 Å². The number of amides is 1. The van der Waals surface area contributed by atoms with Crippen molar-refractivity contribution in [2.75, 3.05) is 12.3 Å². The Hall–Kier alpha value is -1.69. The van der Waals surface area contributed by atoms with Crippen LogP contribution in [0.4, 0.5) is 5.69 Å². The van der Waals surface area contributed by atoms with Gasteiger partial charge in [0.05, 0.1) is 11.9 Å². The first kappa shape index (κ1) is 13.0. The molecule has 0 aromatic carbocycles. The molecule has 0 radical (unpaired) electrons. The Morgan fingerprint density at radius 1 is 1.43 bits per heavy atom. The van der Waals surface area contributed by atoms with Crippen LogP contribution in [0.2, 0.25) is 0 Å². The smallest absolute Gasteiger partial charge is 0.263 e. The van der Waals surface area contributed by atoms with Crippen LogP contribution < -0.4 is 11.1 Å². The SMILES string of the molecule is Nc1c(C(=O)NCC2CC3CCC2C3)sc2nnccc12. The zero-order chi connectivity index (χ0) is 14.4. The van der Waals surface area contributed by atoms with Crippen LogP contribution in [0.1, 0.15) is 35.4 Å². The molecular weight excluding hydrogens is 284 g/mol. The lowest BCUT2D eigenvalue weighted by atomic mass is 9.89. The van der Waals surface area contributed by atoms with Gasteiger partial charge in [-0.15, -0.1) is 16.4 Å². The first-order valence-electron chi connectivity index (χ1n) is 7.50. The Morgan fingerprint density at radius 3 is 3.05 bits per heavy atom. The normalized spacial score (nSPS) is 27.3. The van der Waals surface area contributed by atoms with Crippen LogP contribution in [0.15, 0.2) is 12.3 Å². The minimum Gasteiger partial charge on any atom is -0.397 e. The van der Waals surface area contributed by atoms with Crippen molar-refractivity contribution in [3.63, 3.8) is 0 Å². The summed E-state index contributed by atoms with van der Waals surface area (Å²) in [7, 11) is 0. The van der Waals surface area contributed by atoms with Gasteiger partial charge in [0, 0.05) is 11.9 Å². The highest BCUT2D eigenvalue weighted by atomic mass is 32.1. The van der Waals surface area contributed by atoms with Gasteiger partial charge in [0.25, 0.3) is 5.91 Å². The van der Waals surface area contributed by atoms with E-state index in [1.54, 1.807) is 12.3 Å². The van der Waals surface area contributed by atoms with Crippen LogP contribution in [0.3, 0.4) is 0 Å². The maximum absolute atomic E-state index is 12.4. The number of anilines is 1. The number of carbonyl (C=O) groups is 1. The van der Waals surface area contributed by atoms with E-state index in [1.165, 1.54) is 37.0 Å². The van der Waals surface area contributed by atoms with Gasteiger partial charge < -0.3 is 11.1 Å². The molecule has 0 saturated heterocycles. The number of thiophene rings is 1. The second-order valence-electron chi connectivity index (χ2n) is 6.24. The molecule has 3 atom stereocenters. The number of aromatic nitrogens is 2. The van der Waals surface area contributed by atoms with Crippen molar-refractivity contribution in [3.8, 4) is 0 Å². The van der Waals surface area contributed by atoms with Crippen LogP contribution in [0.25, 0.3) is 10.2 Å². The molecule has 21 heavy (non-hydrogen) atoms. The van der Waals surface area contributed by atoms with Crippen molar-refractivity contribution in [3.05, 3.63) is 17.1 Å². The lowest BCUT2D eigenvalue weighted by Crippen LogP contribution is -2.31. The van der Waals surface area contributed by atoms with E-state index < -0.39 is 0 Å². The van der Waals surface area contributed by atoms with Crippen LogP contribution >= 0.6 is 11.3 Å². The number of nitrogens with one attached hydrogen (secondary N) is 1. The maximum atomic E-state index is 12.4. The quantitative estimate of drug-likeness (QED) is 0.912. The van der Waals surface area contributed by atoms with Gasteiger partial charge in [-0.25, -0.2) is 0 Å². The highest BCUT2D eigenvalue weighted by molar-refractivity contribution is 7.21. The average molecular weight is 302 g/mol. The average Bonchev–Trinajstić information content (AvgIpc) is 3.20. The molecular formula is C15H18N4OS. The molecule has 2 aromatic rings. The topological polar surface area (TPSA) is 80.9 Å². The summed E-state index contributed by atoms with van der Waals surface area (Å²) in [5.74, 6) is 2.31. The molecule has 4 rings (SSSR count). The summed E-state index contributed by atoms with van der Waals surface area (Å²) in [4.78, 5) is 13.7. The van der Waals surface area contributed by atoms with Gasteiger partial charge >= 0.3 is 0 Å². The molecule has 6 heteroatoms. The van der Waals surface area contributed by atoms with Gasteiger partial charge in [-0.05, 0) is 43.1 Å². The number of fused-ring (bicyclic) bond motifs is 3. The number of carbonyl (C=O) groups excluding carboxylic acids is 1. The molecule has 2 heterocycles. The summed E-state index contributed by atoms with van der Waals surface area (Å²) < 4.78 is 0. The number of nitrogens with zero attached hydrogens (tertiary/aromatic N) is 2. The Labute approximate surface area is 126 Å². The van der Waals surface area contributed by atoms with Crippen molar-refractivity contribution in [2.45, 2.75) is 25.7 Å². The van der Waals surface area contributed by atoms with Crippen LogP contribution in [-0.4, -0.2) is 22.6 Å². The molecule has 2 aliphatic rings. The van der Waals surface area contributed by atoms with E-state index in [-0.39, 0.29) is 5.91 Å². The molecule has 2 fully saturated rings. The maximum Gasteiger partial charge on any atom is 0.263 e. The summed E-state index contributed by atoms with van der Waals surface area (Å²) in [6.07, 6.45) is 6.96. The Balaban J connectivity index is 1.47. The predicted octanol–water partition coefficient (Wildman–Crippen LogP) is 2.44. The lowest BCUT2D eigenvalue weighted by molar-refractivity contribution is 0.0946. The van der Waals surface area contributed by atoms with Gasteiger partial charge in [0.2, 0.25) is 0 Å². The molecule has 2 aromatic heterocycles. The van der Waals surface area contributed by atoms with Crippen LogP contribution in [0, 0.1) is 17.8 Å². The van der Waals surface area contributed by atoms with Gasteiger partial charge in [0.1, 0.15) is 9.71 Å². The van der Waals surface area contributed by atoms with Crippen molar-refractivity contribution >= 4 is 33.1 Å². The Morgan fingerprint density at radius 2 is 2.33 bits per heavy atom. The highest BCUT2D eigenvalue weighted by Gasteiger charge is 2.39. The molecule has 1 amide bonds. The molecule has 2 saturated carbocycles. The minimum absolute atomic E-state index is 0.0710. The van der Waals surface area contributed by atoms with Crippen LogP contribution in [0.5, 0.6) is 0 Å². The van der Waals surface area contributed by atoms with E-state index in [0.29, 0.717) is 16.5 Å². The fourth-order valence-electron chi connectivity index (χ4n) is 3.97. The van der Waals surface area contributed by atoms with Gasteiger partial charge in [-0.2, -0.15) is 5.10 Å². The van der Waals surface area contributed by atoms with Crippen molar-refractivity contribution in [1.82, 2.24) is 15.5 Å². The zero-order valence-corrected chi connectivity index (χ0v) is 12.5. The van der Waals surface area contributed by atoms with E-state index in [1.807, 2.05) is 0 Å². The van der Waals surface area contributed by atoms with Crippen molar-refractivity contribution < 1.29 is 4.79 Å². The van der Waals surface area contributed by atoms with Crippen molar-refractivity contribution in [1.29, 1.82) is 0 Å². The zero-order valence-electron chi connectivity index (χ0n) is 11.7. The highest BCUT2D eigenvalue weighted by Crippen LogP contribution is 2.48. The Kier molecular flexibility index (Phi) is 3.06. The summed E-state index contributed by atoms with van der Waals surface area (Å²) in [5, 5.41) is 11.7. The molecule has 0 spiro atoms. The summed E-state index contributed by atoms with van der Waals surface area (Å²) in [5.41, 5.74) is 6.59. The second-order valence-corrected chi connectivity index (χ2v) is 7.24. The van der Waals surface area contributed by atoms with Crippen LogP contribution in [-0.2, 0) is 0 Å². The number of rotatable bonds is 3. The number of hydrogen-bond acceptors (Lipinski definition) is 5. The molecule has 2 bridgehead atoms. The van der Waals surface area contributed by atoms with E-state index in [0.717, 1.165) is 28.6 Å². The monoisotopic (exact) mass is 302 g/mol. The third-order valence-corrected chi connectivity index (χ3v) is 6.14. The fourth-order valence-corrected chi connectivity index (χ4v) is 4.93. The summed E-state index contributed by atoms with van der Waals surface area (Å²) in [6.45, 7) is 0.777. The first-order valence-corrected chi connectivity index (χ1v) is 8.32. The number of hydrogen-bond donors (Lipinski definition) is 2. The van der Waals surface area contributed by atoms with E-state index in [9.17, 15) is 4.79 Å². The first-order chi connectivity index (χ1) is 10.2. The molecule has 0 aliphatic heterocycles. The fraction of sp³-hybridized carbons (Fsp3) is 0.533. The second kappa shape index (κ2) is 4.94. The molecule has 110 valence electrons. The minimum atomic E-state index is -0.0710. The van der Waals surface area contributed by atoms with Gasteiger partial charge in [0.15, 0.2) is 0 Å². The summed E-state index contributed by atoms with van der Waals surface area (Å²) >= 11 is 1.32. The molecule has 3 N–H and O–H groups in total. The lowest BCUT2D eigenvalue weighted by Gasteiger charge is -2.21. The van der Waals surface area contributed by atoms with Gasteiger partial charge in [-0.3, -0.25) is 4.79 Å². The third kappa shape index (κ3) is 2.18. The molecule has 3 unspecified atom stereocenters. The van der Waals surface area contributed by atoms with E-state index in [4.69, 9.17) is 5.73 Å². The number of nitrogens with two attached hydrogens (primary N) is 1. The Bertz CT molecular complexity index is 698. The van der Waals surface area contributed by atoms with Gasteiger partial charge in [-0.1, -0.05) is 6.42 Å².